The molecule has 1 aliphatic rings. The van der Waals surface area contributed by atoms with E-state index in [1.165, 1.54) is 6.92 Å². The van der Waals surface area contributed by atoms with E-state index in [1.54, 1.807) is 12.3 Å². The van der Waals surface area contributed by atoms with Crippen molar-refractivity contribution in [2.24, 2.45) is 0 Å². The number of esters is 1. The number of aromatic nitrogens is 2. The van der Waals surface area contributed by atoms with Crippen molar-refractivity contribution in [1.29, 1.82) is 0 Å². The summed E-state index contributed by atoms with van der Waals surface area (Å²) in [6.45, 7) is 2.02. The van der Waals surface area contributed by atoms with Crippen LogP contribution in [0.1, 0.15) is 18.2 Å². The molecule has 0 saturated carbocycles. The molecule has 2 unspecified atom stereocenters. The van der Waals surface area contributed by atoms with Gasteiger partial charge in [-0.1, -0.05) is 11.6 Å². The summed E-state index contributed by atoms with van der Waals surface area (Å²) in [6.07, 6.45) is 1.98. The molecule has 100 valence electrons. The number of carbonyl (C=O) groups is 1. The van der Waals surface area contributed by atoms with Crippen molar-refractivity contribution < 1.29 is 9.53 Å². The average molecular weight is 298 g/mol. The van der Waals surface area contributed by atoms with Crippen molar-refractivity contribution in [3.8, 4) is 0 Å². The van der Waals surface area contributed by atoms with Gasteiger partial charge in [-0.15, -0.1) is 0 Å². The third kappa shape index (κ3) is 2.12. The van der Waals surface area contributed by atoms with Gasteiger partial charge in [-0.2, -0.15) is 0 Å². The van der Waals surface area contributed by atoms with Crippen LogP contribution < -0.4 is 5.32 Å². The molecule has 1 N–H and O–H groups in total. The molecule has 2 aromatic rings. The second-order valence-corrected chi connectivity index (χ2v) is 5.39. The minimum Gasteiger partial charge on any atom is -0.446 e. The van der Waals surface area contributed by atoms with E-state index >= 15 is 0 Å². The number of carbonyl (C=O) groups excluding carboxylic acids is 1. The van der Waals surface area contributed by atoms with Crippen LogP contribution in [0.2, 0.25) is 5.02 Å². The van der Waals surface area contributed by atoms with Crippen molar-refractivity contribution in [2.45, 2.75) is 26.1 Å². The SMILES string of the molecule is CC(=O)OC1Cc2c(n(P)c3nccc(Cl)c23)CN1. The van der Waals surface area contributed by atoms with Crippen molar-refractivity contribution >= 4 is 38.0 Å². The maximum absolute atomic E-state index is 11.0. The second kappa shape index (κ2) is 4.75. The standard InChI is InChI=1S/C12H13ClN3O2P/c1-6(17)18-10-4-7-9(5-15-10)16(19)12-11(7)8(13)2-3-14-12/h2-3,10,15H,4-5,19H2,1H3. The van der Waals surface area contributed by atoms with E-state index in [-0.39, 0.29) is 12.2 Å². The zero-order valence-corrected chi connectivity index (χ0v) is 12.2. The molecule has 0 saturated heterocycles. The molecular weight excluding hydrogens is 285 g/mol. The summed E-state index contributed by atoms with van der Waals surface area (Å²) < 4.78 is 7.17. The number of nitrogens with zero attached hydrogens (tertiary/aromatic N) is 2. The molecule has 3 rings (SSSR count). The van der Waals surface area contributed by atoms with Gasteiger partial charge in [-0.25, -0.2) is 4.98 Å². The van der Waals surface area contributed by atoms with Crippen molar-refractivity contribution in [3.05, 3.63) is 28.5 Å². The van der Waals surface area contributed by atoms with Gasteiger partial charge in [0.1, 0.15) is 5.65 Å². The Morgan fingerprint density at radius 2 is 2.47 bits per heavy atom. The van der Waals surface area contributed by atoms with Crippen molar-refractivity contribution in [3.63, 3.8) is 0 Å². The van der Waals surface area contributed by atoms with Gasteiger partial charge in [0.05, 0.1) is 5.02 Å². The molecule has 0 fully saturated rings. The molecule has 0 bridgehead atoms. The molecule has 0 amide bonds. The number of ether oxygens (including phenoxy) is 1. The van der Waals surface area contributed by atoms with Gasteiger partial charge in [-0.3, -0.25) is 10.1 Å². The van der Waals surface area contributed by atoms with Crippen molar-refractivity contribution in [1.82, 2.24) is 14.6 Å². The highest BCUT2D eigenvalue weighted by Crippen LogP contribution is 2.34. The molecule has 0 aromatic carbocycles. The van der Waals surface area contributed by atoms with Crippen LogP contribution in [-0.4, -0.2) is 21.5 Å². The molecule has 19 heavy (non-hydrogen) atoms. The third-order valence-electron chi connectivity index (χ3n) is 3.24. The summed E-state index contributed by atoms with van der Waals surface area (Å²) in [5.74, 6) is -0.292. The summed E-state index contributed by atoms with van der Waals surface area (Å²) in [6, 6.07) is 1.78. The molecule has 0 radical (unpaired) electrons. The fraction of sp³-hybridized carbons (Fsp3) is 0.333. The molecular formula is C12H13ClN3O2P. The summed E-state index contributed by atoms with van der Waals surface area (Å²) in [5, 5.41) is 4.79. The maximum atomic E-state index is 11.0. The van der Waals surface area contributed by atoms with Crippen LogP contribution in [0.4, 0.5) is 0 Å². The van der Waals surface area contributed by atoms with Gasteiger partial charge in [0.25, 0.3) is 0 Å². The van der Waals surface area contributed by atoms with Crippen LogP contribution >= 0.6 is 21.0 Å². The molecule has 0 aliphatic carbocycles. The first kappa shape index (κ1) is 12.9. The minimum atomic E-state index is -0.308. The molecule has 1 aliphatic heterocycles. The van der Waals surface area contributed by atoms with Crippen LogP contribution in [0, 0.1) is 0 Å². The van der Waals surface area contributed by atoms with Crippen molar-refractivity contribution in [2.75, 3.05) is 0 Å². The monoisotopic (exact) mass is 297 g/mol. The van der Waals surface area contributed by atoms with Crippen LogP contribution in [-0.2, 0) is 22.5 Å². The van der Waals surface area contributed by atoms with Crippen LogP contribution in [0.25, 0.3) is 11.0 Å². The largest absolute Gasteiger partial charge is 0.446 e. The number of pyridine rings is 1. The van der Waals surface area contributed by atoms with Gasteiger partial charge in [-0.05, 0) is 21.0 Å². The first-order valence-electron chi connectivity index (χ1n) is 5.90. The second-order valence-electron chi connectivity index (χ2n) is 4.47. The Bertz CT molecular complexity index is 671. The number of halogens is 1. The predicted molar refractivity (Wildman–Crippen MR) is 75.9 cm³/mol. The van der Waals surface area contributed by atoms with Crippen LogP contribution in [0.3, 0.4) is 0 Å². The Hall–Kier alpha value is -1.16. The number of nitrogens with one attached hydrogen (secondary N) is 1. The maximum Gasteiger partial charge on any atom is 0.304 e. The van der Waals surface area contributed by atoms with Crippen LogP contribution in [0.15, 0.2) is 12.3 Å². The van der Waals surface area contributed by atoms with E-state index in [4.69, 9.17) is 16.3 Å². The van der Waals surface area contributed by atoms with E-state index < -0.39 is 0 Å². The van der Waals surface area contributed by atoms with E-state index in [1.807, 2.05) is 4.34 Å². The number of fused-ring (bicyclic) bond motifs is 3. The van der Waals surface area contributed by atoms with Gasteiger partial charge >= 0.3 is 5.97 Å². The molecule has 2 atom stereocenters. The van der Waals surface area contributed by atoms with Gasteiger partial charge in [0, 0.05) is 37.2 Å². The molecule has 7 heteroatoms. The zero-order valence-electron chi connectivity index (χ0n) is 10.3. The summed E-state index contributed by atoms with van der Waals surface area (Å²) in [7, 11) is 2.65. The Balaban J connectivity index is 2.10. The van der Waals surface area contributed by atoms with E-state index in [2.05, 4.69) is 19.7 Å². The molecule has 2 aromatic heterocycles. The zero-order chi connectivity index (χ0) is 13.6. The fourth-order valence-corrected chi connectivity index (χ4v) is 3.17. The lowest BCUT2D eigenvalue weighted by Gasteiger charge is -2.24. The Morgan fingerprint density at radius 1 is 1.68 bits per heavy atom. The highest BCUT2D eigenvalue weighted by Gasteiger charge is 2.27. The average Bonchev–Trinajstić information content (AvgIpc) is 2.64. The lowest BCUT2D eigenvalue weighted by molar-refractivity contribution is -0.148. The fourth-order valence-electron chi connectivity index (χ4n) is 2.47. The van der Waals surface area contributed by atoms with E-state index in [0.717, 1.165) is 22.3 Å². The first-order valence-corrected chi connectivity index (χ1v) is 6.79. The molecule has 5 nitrogen and oxygen atoms in total. The summed E-state index contributed by atoms with van der Waals surface area (Å²) in [5.41, 5.74) is 3.02. The Morgan fingerprint density at radius 3 is 3.21 bits per heavy atom. The molecule has 3 heterocycles. The minimum absolute atomic E-state index is 0.292. The molecule has 0 spiro atoms. The summed E-state index contributed by atoms with van der Waals surface area (Å²) in [4.78, 5) is 15.4. The normalized spacial score (nSPS) is 18.4. The predicted octanol–water partition coefficient (Wildman–Crippen LogP) is 1.86. The summed E-state index contributed by atoms with van der Waals surface area (Å²) >= 11 is 6.27. The van der Waals surface area contributed by atoms with Crippen LogP contribution in [0.5, 0.6) is 0 Å². The van der Waals surface area contributed by atoms with Gasteiger partial charge < -0.3 is 9.07 Å². The third-order valence-corrected chi connectivity index (χ3v) is 4.12. The first-order chi connectivity index (χ1) is 9.08. The number of hydrogen-bond donors (Lipinski definition) is 1. The van der Waals surface area contributed by atoms with E-state index in [9.17, 15) is 4.79 Å². The van der Waals surface area contributed by atoms with Gasteiger partial charge in [0.2, 0.25) is 0 Å². The Kier molecular flexibility index (Phi) is 3.21. The highest BCUT2D eigenvalue weighted by molar-refractivity contribution is 7.15. The highest BCUT2D eigenvalue weighted by atomic mass is 35.5. The van der Waals surface area contributed by atoms with Gasteiger partial charge in [0.15, 0.2) is 6.23 Å². The smallest absolute Gasteiger partial charge is 0.304 e. The Labute approximate surface area is 117 Å². The quantitative estimate of drug-likeness (QED) is 0.645. The lowest BCUT2D eigenvalue weighted by atomic mass is 10.0. The topological polar surface area (TPSA) is 56.2 Å². The number of rotatable bonds is 1. The lowest BCUT2D eigenvalue weighted by Crippen LogP contribution is -2.38. The number of hydrogen-bond acceptors (Lipinski definition) is 4. The van der Waals surface area contributed by atoms with E-state index in [0.29, 0.717) is 18.0 Å².